The van der Waals surface area contributed by atoms with Crippen LogP contribution in [0.25, 0.3) is 4.96 Å². The van der Waals surface area contributed by atoms with Crippen LogP contribution in [0, 0.1) is 11.7 Å². The number of carbonyl (C=O) groups is 1. The van der Waals surface area contributed by atoms with Gasteiger partial charge >= 0.3 is 0 Å². The number of rotatable bonds is 5. The molecule has 0 radical (unpaired) electrons. The van der Waals surface area contributed by atoms with Gasteiger partial charge in [-0.3, -0.25) is 9.20 Å². The van der Waals surface area contributed by atoms with Crippen molar-refractivity contribution < 1.29 is 9.18 Å². The largest absolute Gasteiger partial charge is 0.349 e. The molecule has 1 aliphatic rings. The Balaban J connectivity index is 1.46. The van der Waals surface area contributed by atoms with E-state index in [-0.39, 0.29) is 24.2 Å². The lowest BCUT2D eigenvalue weighted by Gasteiger charge is -2.18. The summed E-state index contributed by atoms with van der Waals surface area (Å²) in [6, 6.07) is 6.36. The summed E-state index contributed by atoms with van der Waals surface area (Å²) in [5.41, 5.74) is 1.73. The molecule has 1 aliphatic carbocycles. The standard InChI is InChI=1S/C17H16FN3OS/c18-13-5-3-12(4-6-13)16(11-1-2-11)20-15(22)9-14-10-21-7-8-23-17(21)19-14/h3-8,10-11,16H,1-2,9H2,(H,20,22)/t16-/m1/s1. The molecule has 1 amide bonds. The third-order valence-corrected chi connectivity index (χ3v) is 4.89. The van der Waals surface area contributed by atoms with Gasteiger partial charge in [-0.2, -0.15) is 0 Å². The number of nitrogens with one attached hydrogen (secondary N) is 1. The number of fused-ring (bicyclic) bond motifs is 1. The third kappa shape index (κ3) is 3.12. The summed E-state index contributed by atoms with van der Waals surface area (Å²) in [6.07, 6.45) is 6.28. The van der Waals surface area contributed by atoms with Gasteiger partial charge in [0, 0.05) is 17.8 Å². The van der Waals surface area contributed by atoms with Gasteiger partial charge in [-0.25, -0.2) is 9.37 Å². The number of hydrogen-bond acceptors (Lipinski definition) is 3. The first-order valence-corrected chi connectivity index (χ1v) is 8.53. The number of nitrogens with zero attached hydrogens (tertiary/aromatic N) is 2. The van der Waals surface area contributed by atoms with Crippen molar-refractivity contribution in [1.29, 1.82) is 0 Å². The second-order valence-electron chi connectivity index (χ2n) is 5.94. The van der Waals surface area contributed by atoms with Crippen LogP contribution in [0.15, 0.2) is 42.0 Å². The number of amides is 1. The molecule has 2 aromatic heterocycles. The normalized spacial score (nSPS) is 15.7. The number of benzene rings is 1. The average Bonchev–Trinajstić information content (AvgIpc) is 3.16. The number of carbonyl (C=O) groups excluding carboxylic acids is 1. The zero-order valence-electron chi connectivity index (χ0n) is 12.4. The molecule has 118 valence electrons. The molecule has 0 aliphatic heterocycles. The number of halogens is 1. The van der Waals surface area contributed by atoms with Crippen molar-refractivity contribution in [2.45, 2.75) is 25.3 Å². The highest BCUT2D eigenvalue weighted by Gasteiger charge is 2.33. The molecule has 23 heavy (non-hydrogen) atoms. The molecule has 0 unspecified atom stereocenters. The van der Waals surface area contributed by atoms with Gasteiger partial charge in [-0.15, -0.1) is 11.3 Å². The van der Waals surface area contributed by atoms with Crippen LogP contribution in [0.4, 0.5) is 4.39 Å². The van der Waals surface area contributed by atoms with E-state index in [1.54, 1.807) is 23.5 Å². The predicted octanol–water partition coefficient (Wildman–Crippen LogP) is 3.34. The number of imidazole rings is 1. The van der Waals surface area contributed by atoms with Gasteiger partial charge < -0.3 is 5.32 Å². The Morgan fingerprint density at radius 3 is 2.87 bits per heavy atom. The van der Waals surface area contributed by atoms with Crippen molar-refractivity contribution in [2.24, 2.45) is 5.92 Å². The smallest absolute Gasteiger partial charge is 0.226 e. The summed E-state index contributed by atoms with van der Waals surface area (Å²) in [4.78, 5) is 17.7. The summed E-state index contributed by atoms with van der Waals surface area (Å²) < 4.78 is 15.0. The molecule has 0 spiro atoms. The topological polar surface area (TPSA) is 46.4 Å². The maximum Gasteiger partial charge on any atom is 0.226 e. The molecule has 1 atom stereocenters. The molecule has 0 bridgehead atoms. The Kier molecular flexibility index (Phi) is 3.61. The van der Waals surface area contributed by atoms with Gasteiger partial charge in [0.05, 0.1) is 18.2 Å². The molecule has 0 saturated heterocycles. The van der Waals surface area contributed by atoms with Gasteiger partial charge in [-0.05, 0) is 36.5 Å². The van der Waals surface area contributed by atoms with Gasteiger partial charge in [0.25, 0.3) is 0 Å². The van der Waals surface area contributed by atoms with Gasteiger partial charge in [0.15, 0.2) is 4.96 Å². The summed E-state index contributed by atoms with van der Waals surface area (Å²) in [6.45, 7) is 0. The highest BCUT2D eigenvalue weighted by atomic mass is 32.1. The van der Waals surface area contributed by atoms with Gasteiger partial charge in [-0.1, -0.05) is 12.1 Å². The molecule has 1 saturated carbocycles. The first-order valence-electron chi connectivity index (χ1n) is 7.65. The fourth-order valence-corrected chi connectivity index (χ4v) is 3.54. The van der Waals surface area contributed by atoms with Crippen molar-refractivity contribution in [3.63, 3.8) is 0 Å². The monoisotopic (exact) mass is 329 g/mol. The van der Waals surface area contributed by atoms with Gasteiger partial charge in [0.2, 0.25) is 5.91 Å². The van der Waals surface area contributed by atoms with Crippen molar-refractivity contribution >= 4 is 22.2 Å². The summed E-state index contributed by atoms with van der Waals surface area (Å²) in [5, 5.41) is 5.05. The molecule has 4 nitrogen and oxygen atoms in total. The fourth-order valence-electron chi connectivity index (χ4n) is 2.82. The van der Waals surface area contributed by atoms with Crippen molar-refractivity contribution in [3.05, 3.63) is 59.1 Å². The van der Waals surface area contributed by atoms with E-state index < -0.39 is 0 Å². The minimum atomic E-state index is -0.257. The molecule has 1 fully saturated rings. The lowest BCUT2D eigenvalue weighted by molar-refractivity contribution is -0.121. The number of thiazole rings is 1. The second-order valence-corrected chi connectivity index (χ2v) is 6.81. The van der Waals surface area contributed by atoms with E-state index >= 15 is 0 Å². The molecule has 1 aromatic carbocycles. The van der Waals surface area contributed by atoms with Crippen molar-refractivity contribution in [3.8, 4) is 0 Å². The highest BCUT2D eigenvalue weighted by molar-refractivity contribution is 7.15. The van der Waals surface area contributed by atoms with Crippen molar-refractivity contribution in [2.75, 3.05) is 0 Å². The number of hydrogen-bond donors (Lipinski definition) is 1. The second kappa shape index (κ2) is 5.77. The zero-order valence-corrected chi connectivity index (χ0v) is 13.2. The average molecular weight is 329 g/mol. The third-order valence-electron chi connectivity index (χ3n) is 4.12. The summed E-state index contributed by atoms with van der Waals surface area (Å²) in [7, 11) is 0. The summed E-state index contributed by atoms with van der Waals surface area (Å²) in [5.74, 6) is 0.152. The minimum absolute atomic E-state index is 0.0353. The van der Waals surface area contributed by atoms with Crippen LogP contribution in [0.2, 0.25) is 0 Å². The molecule has 3 aromatic rings. The van der Waals surface area contributed by atoms with Crippen LogP contribution in [-0.4, -0.2) is 15.3 Å². The Hall–Kier alpha value is -2.21. The lowest BCUT2D eigenvalue weighted by Crippen LogP contribution is -2.31. The van der Waals surface area contributed by atoms with E-state index in [1.807, 2.05) is 22.2 Å². The van der Waals surface area contributed by atoms with E-state index in [0.29, 0.717) is 5.92 Å². The molecule has 2 heterocycles. The maximum atomic E-state index is 13.1. The Morgan fingerprint density at radius 2 is 2.17 bits per heavy atom. The maximum absolute atomic E-state index is 13.1. The molecule has 6 heteroatoms. The zero-order chi connectivity index (χ0) is 15.8. The fraction of sp³-hybridized carbons (Fsp3) is 0.294. The van der Waals surface area contributed by atoms with Crippen LogP contribution in [0.5, 0.6) is 0 Å². The predicted molar refractivity (Wildman–Crippen MR) is 86.8 cm³/mol. The van der Waals surface area contributed by atoms with Crippen LogP contribution < -0.4 is 5.32 Å². The SMILES string of the molecule is O=C(Cc1cn2ccsc2n1)N[C@@H](c1ccc(F)cc1)C1CC1. The van der Waals surface area contributed by atoms with Crippen LogP contribution >= 0.6 is 11.3 Å². The molecular weight excluding hydrogens is 313 g/mol. The van der Waals surface area contributed by atoms with Crippen LogP contribution in [0.3, 0.4) is 0 Å². The van der Waals surface area contributed by atoms with E-state index in [9.17, 15) is 9.18 Å². The first-order chi connectivity index (χ1) is 11.2. The summed E-state index contributed by atoms with van der Waals surface area (Å²) >= 11 is 1.55. The Morgan fingerprint density at radius 1 is 1.39 bits per heavy atom. The van der Waals surface area contributed by atoms with Gasteiger partial charge in [0.1, 0.15) is 5.82 Å². The molecular formula is C17H16FN3OS. The molecule has 1 N–H and O–H groups in total. The van der Waals surface area contributed by atoms with E-state index in [2.05, 4.69) is 10.3 Å². The van der Waals surface area contributed by atoms with E-state index in [0.717, 1.165) is 29.1 Å². The van der Waals surface area contributed by atoms with Crippen LogP contribution in [0.1, 0.15) is 30.1 Å². The molecule has 4 rings (SSSR count). The minimum Gasteiger partial charge on any atom is -0.349 e. The number of aromatic nitrogens is 2. The quantitative estimate of drug-likeness (QED) is 0.780. The van der Waals surface area contributed by atoms with E-state index in [4.69, 9.17) is 0 Å². The highest BCUT2D eigenvalue weighted by Crippen LogP contribution is 2.41. The Bertz CT molecular complexity index is 807. The van der Waals surface area contributed by atoms with Crippen molar-refractivity contribution in [1.82, 2.24) is 14.7 Å². The first kappa shape index (κ1) is 14.4. The van der Waals surface area contributed by atoms with Crippen LogP contribution in [-0.2, 0) is 11.2 Å². The Labute approximate surface area is 137 Å². The van der Waals surface area contributed by atoms with E-state index in [1.165, 1.54) is 12.1 Å². The lowest BCUT2D eigenvalue weighted by atomic mass is 10.0.